The Labute approximate surface area is 91.7 Å². The van der Waals surface area contributed by atoms with Gasteiger partial charge in [-0.2, -0.15) is 0 Å². The number of hydrogen-bond donors (Lipinski definition) is 2. The smallest absolute Gasteiger partial charge is 0.212 e. The van der Waals surface area contributed by atoms with Gasteiger partial charge in [-0.1, -0.05) is 12.8 Å². The number of sulfonamides is 1. The molecule has 0 saturated heterocycles. The summed E-state index contributed by atoms with van der Waals surface area (Å²) in [6.07, 6.45) is 6.18. The SMILES string of the molecule is N[C@@H]1CCCC[C@H]1NS(=O)(=O)CC1CC1. The van der Waals surface area contributed by atoms with Crippen LogP contribution in [0.25, 0.3) is 0 Å². The van der Waals surface area contributed by atoms with Gasteiger partial charge in [-0.15, -0.1) is 0 Å². The third kappa shape index (κ3) is 3.43. The molecule has 0 spiro atoms. The second kappa shape index (κ2) is 4.39. The molecule has 3 N–H and O–H groups in total. The molecule has 2 rings (SSSR count). The average Bonchev–Trinajstić information content (AvgIpc) is 2.91. The third-order valence-electron chi connectivity index (χ3n) is 3.30. The molecule has 0 aromatic heterocycles. The Morgan fingerprint density at radius 3 is 2.40 bits per heavy atom. The summed E-state index contributed by atoms with van der Waals surface area (Å²) in [5.41, 5.74) is 5.91. The molecule has 0 radical (unpaired) electrons. The van der Waals surface area contributed by atoms with Crippen LogP contribution in [0.2, 0.25) is 0 Å². The first-order valence-corrected chi connectivity index (χ1v) is 7.47. The summed E-state index contributed by atoms with van der Waals surface area (Å²) < 4.78 is 26.2. The van der Waals surface area contributed by atoms with Gasteiger partial charge >= 0.3 is 0 Å². The van der Waals surface area contributed by atoms with Crippen LogP contribution in [-0.2, 0) is 10.0 Å². The summed E-state index contributed by atoms with van der Waals surface area (Å²) in [5, 5.41) is 0. The van der Waals surface area contributed by atoms with Gasteiger partial charge in [0.15, 0.2) is 0 Å². The largest absolute Gasteiger partial charge is 0.326 e. The Morgan fingerprint density at radius 1 is 1.13 bits per heavy atom. The van der Waals surface area contributed by atoms with Crippen molar-refractivity contribution in [3.63, 3.8) is 0 Å². The molecule has 2 aliphatic carbocycles. The summed E-state index contributed by atoms with van der Waals surface area (Å²) in [6, 6.07) is -0.0183. The van der Waals surface area contributed by atoms with Crippen LogP contribution in [0.5, 0.6) is 0 Å². The highest BCUT2D eigenvalue weighted by molar-refractivity contribution is 7.89. The first kappa shape index (κ1) is 11.4. The quantitative estimate of drug-likeness (QED) is 0.745. The molecule has 88 valence electrons. The van der Waals surface area contributed by atoms with Crippen molar-refractivity contribution in [1.82, 2.24) is 4.72 Å². The summed E-state index contributed by atoms with van der Waals surface area (Å²) in [6.45, 7) is 0. The lowest BCUT2D eigenvalue weighted by Gasteiger charge is -2.29. The minimum Gasteiger partial charge on any atom is -0.326 e. The van der Waals surface area contributed by atoms with Crippen molar-refractivity contribution in [1.29, 1.82) is 0 Å². The van der Waals surface area contributed by atoms with E-state index in [-0.39, 0.29) is 12.1 Å². The first-order chi connectivity index (χ1) is 7.07. The molecule has 0 heterocycles. The van der Waals surface area contributed by atoms with E-state index in [1.54, 1.807) is 0 Å². The van der Waals surface area contributed by atoms with Gasteiger partial charge in [0, 0.05) is 12.1 Å². The maximum atomic E-state index is 11.7. The number of nitrogens with one attached hydrogen (secondary N) is 1. The average molecular weight is 232 g/mol. The summed E-state index contributed by atoms with van der Waals surface area (Å²) in [4.78, 5) is 0. The fraction of sp³-hybridized carbons (Fsp3) is 1.00. The van der Waals surface area contributed by atoms with E-state index in [2.05, 4.69) is 4.72 Å². The molecule has 0 aromatic rings. The Kier molecular flexibility index (Phi) is 3.33. The van der Waals surface area contributed by atoms with Gasteiger partial charge in [0.1, 0.15) is 0 Å². The number of rotatable bonds is 4. The molecular weight excluding hydrogens is 212 g/mol. The van der Waals surface area contributed by atoms with Gasteiger partial charge in [0.25, 0.3) is 0 Å². The fourth-order valence-electron chi connectivity index (χ4n) is 2.18. The summed E-state index contributed by atoms with van der Waals surface area (Å²) in [5.74, 6) is 0.707. The van der Waals surface area contributed by atoms with Crippen LogP contribution < -0.4 is 10.5 Å². The standard InChI is InChI=1S/C10H20N2O2S/c11-9-3-1-2-4-10(9)12-15(13,14)7-8-5-6-8/h8-10,12H,1-7,11H2/t9-,10-/m1/s1. The monoisotopic (exact) mass is 232 g/mol. The lowest BCUT2D eigenvalue weighted by Crippen LogP contribution is -2.49. The molecule has 4 nitrogen and oxygen atoms in total. The van der Waals surface area contributed by atoms with Crippen molar-refractivity contribution in [2.75, 3.05) is 5.75 Å². The lowest BCUT2D eigenvalue weighted by atomic mass is 9.92. The Balaban J connectivity index is 1.88. The van der Waals surface area contributed by atoms with Gasteiger partial charge in [0.05, 0.1) is 5.75 Å². The van der Waals surface area contributed by atoms with E-state index in [1.807, 2.05) is 0 Å². The molecule has 2 aliphatic rings. The minimum atomic E-state index is -3.08. The van der Waals surface area contributed by atoms with Gasteiger partial charge in [-0.3, -0.25) is 0 Å². The highest BCUT2D eigenvalue weighted by Crippen LogP contribution is 2.30. The topological polar surface area (TPSA) is 72.2 Å². The van der Waals surface area contributed by atoms with Gasteiger partial charge < -0.3 is 5.73 Å². The van der Waals surface area contributed by atoms with Crippen LogP contribution in [0.4, 0.5) is 0 Å². The fourth-order valence-corrected chi connectivity index (χ4v) is 3.98. The Hall–Kier alpha value is -0.130. The molecule has 0 bridgehead atoms. The highest BCUT2D eigenvalue weighted by atomic mass is 32.2. The van der Waals surface area contributed by atoms with E-state index < -0.39 is 10.0 Å². The zero-order chi connectivity index (χ0) is 10.9. The maximum absolute atomic E-state index is 11.7. The molecular formula is C10H20N2O2S. The summed E-state index contributed by atoms with van der Waals surface area (Å²) in [7, 11) is -3.08. The molecule has 0 aliphatic heterocycles. The van der Waals surface area contributed by atoms with Crippen molar-refractivity contribution in [2.45, 2.75) is 50.6 Å². The second-order valence-electron chi connectivity index (χ2n) is 4.90. The molecule has 2 saturated carbocycles. The molecule has 0 amide bonds. The van der Waals surface area contributed by atoms with Crippen molar-refractivity contribution in [3.8, 4) is 0 Å². The molecule has 5 heteroatoms. The predicted molar refractivity (Wildman–Crippen MR) is 59.9 cm³/mol. The second-order valence-corrected chi connectivity index (χ2v) is 6.70. The van der Waals surface area contributed by atoms with Crippen LogP contribution in [0, 0.1) is 5.92 Å². The van der Waals surface area contributed by atoms with Gasteiger partial charge in [-0.05, 0) is 31.6 Å². The normalized spacial score (nSPS) is 32.9. The Bertz CT molecular complexity index is 311. The zero-order valence-electron chi connectivity index (χ0n) is 8.98. The van der Waals surface area contributed by atoms with E-state index >= 15 is 0 Å². The highest BCUT2D eigenvalue weighted by Gasteiger charge is 2.31. The van der Waals surface area contributed by atoms with E-state index in [9.17, 15) is 8.42 Å². The molecule has 2 fully saturated rings. The van der Waals surface area contributed by atoms with Gasteiger partial charge in [0.2, 0.25) is 10.0 Å². The number of hydrogen-bond acceptors (Lipinski definition) is 3. The van der Waals surface area contributed by atoms with Gasteiger partial charge in [-0.25, -0.2) is 13.1 Å². The summed E-state index contributed by atoms with van der Waals surface area (Å²) >= 11 is 0. The minimum absolute atomic E-state index is 0.00716. The van der Waals surface area contributed by atoms with Crippen molar-refractivity contribution in [3.05, 3.63) is 0 Å². The van der Waals surface area contributed by atoms with E-state index in [0.29, 0.717) is 11.7 Å². The zero-order valence-corrected chi connectivity index (χ0v) is 9.80. The van der Waals surface area contributed by atoms with E-state index in [4.69, 9.17) is 5.73 Å². The van der Waals surface area contributed by atoms with E-state index in [1.165, 1.54) is 0 Å². The maximum Gasteiger partial charge on any atom is 0.212 e. The third-order valence-corrected chi connectivity index (χ3v) is 4.87. The molecule has 15 heavy (non-hydrogen) atoms. The first-order valence-electron chi connectivity index (χ1n) is 5.82. The Morgan fingerprint density at radius 2 is 1.80 bits per heavy atom. The molecule has 0 unspecified atom stereocenters. The van der Waals surface area contributed by atoms with Crippen LogP contribution in [0.1, 0.15) is 38.5 Å². The van der Waals surface area contributed by atoms with Crippen LogP contribution in [0.3, 0.4) is 0 Å². The van der Waals surface area contributed by atoms with E-state index in [0.717, 1.165) is 38.5 Å². The number of nitrogens with two attached hydrogens (primary N) is 1. The lowest BCUT2D eigenvalue weighted by molar-refractivity contribution is 0.361. The molecule has 2 atom stereocenters. The van der Waals surface area contributed by atoms with Crippen molar-refractivity contribution in [2.24, 2.45) is 11.7 Å². The van der Waals surface area contributed by atoms with Crippen LogP contribution >= 0.6 is 0 Å². The van der Waals surface area contributed by atoms with Crippen molar-refractivity contribution >= 4 is 10.0 Å². The van der Waals surface area contributed by atoms with Crippen molar-refractivity contribution < 1.29 is 8.42 Å². The predicted octanol–water partition coefficient (Wildman–Crippen LogP) is 0.586. The van der Waals surface area contributed by atoms with Crippen LogP contribution in [-0.4, -0.2) is 26.3 Å². The molecule has 0 aromatic carbocycles. The van der Waals surface area contributed by atoms with Crippen LogP contribution in [0.15, 0.2) is 0 Å².